The van der Waals surface area contributed by atoms with Gasteiger partial charge in [0.2, 0.25) is 11.6 Å². The molecule has 1 fully saturated rings. The number of alkyl halides is 1. The number of carbonyl (C=O) groups is 1. The summed E-state index contributed by atoms with van der Waals surface area (Å²) in [7, 11) is 1.72. The van der Waals surface area contributed by atoms with Gasteiger partial charge in [-0.1, -0.05) is 30.3 Å². The van der Waals surface area contributed by atoms with Crippen molar-refractivity contribution in [3.8, 4) is 0 Å². The van der Waals surface area contributed by atoms with E-state index < -0.39 is 17.6 Å². The fourth-order valence-electron chi connectivity index (χ4n) is 3.15. The highest BCUT2D eigenvalue weighted by Gasteiger charge is 2.55. The van der Waals surface area contributed by atoms with E-state index in [4.69, 9.17) is 4.74 Å². The van der Waals surface area contributed by atoms with E-state index in [0.717, 1.165) is 5.56 Å². The second-order valence-corrected chi connectivity index (χ2v) is 5.92. The van der Waals surface area contributed by atoms with Gasteiger partial charge in [0, 0.05) is 25.7 Å². The maximum absolute atomic E-state index is 15.8. The van der Waals surface area contributed by atoms with Gasteiger partial charge in [0.25, 0.3) is 0 Å². The molecule has 25 heavy (non-hydrogen) atoms. The molecule has 0 aliphatic carbocycles. The molecular weight excluding hydrogens is 323 g/mol. The van der Waals surface area contributed by atoms with Crippen LogP contribution in [0.4, 0.5) is 16.2 Å². The summed E-state index contributed by atoms with van der Waals surface area (Å²) in [6, 6.07) is 10.9. The van der Waals surface area contributed by atoms with Gasteiger partial charge in [-0.3, -0.25) is 0 Å². The van der Waals surface area contributed by atoms with Crippen LogP contribution in [-0.2, 0) is 9.53 Å². The lowest BCUT2D eigenvalue weighted by molar-refractivity contribution is -0.156. The van der Waals surface area contributed by atoms with E-state index in [2.05, 4.69) is 15.3 Å². The minimum absolute atomic E-state index is 0.106. The Morgan fingerprint density at radius 3 is 2.84 bits per heavy atom. The van der Waals surface area contributed by atoms with Crippen molar-refractivity contribution in [1.29, 1.82) is 0 Å². The third kappa shape index (κ3) is 3.26. The van der Waals surface area contributed by atoms with Crippen LogP contribution in [0.5, 0.6) is 0 Å². The van der Waals surface area contributed by atoms with Gasteiger partial charge < -0.3 is 15.0 Å². The first kappa shape index (κ1) is 17.1. The van der Waals surface area contributed by atoms with E-state index >= 15 is 4.39 Å². The summed E-state index contributed by atoms with van der Waals surface area (Å²) in [5, 5.41) is 2.86. The average Bonchev–Trinajstić information content (AvgIpc) is 3.02. The molecule has 0 bridgehead atoms. The van der Waals surface area contributed by atoms with Crippen molar-refractivity contribution in [2.24, 2.45) is 0 Å². The first-order valence-corrected chi connectivity index (χ1v) is 8.25. The molecule has 132 valence electrons. The monoisotopic (exact) mass is 344 g/mol. The quantitative estimate of drug-likeness (QED) is 0.840. The number of benzene rings is 1. The van der Waals surface area contributed by atoms with Crippen LogP contribution < -0.4 is 10.2 Å². The van der Waals surface area contributed by atoms with Crippen molar-refractivity contribution in [3.05, 3.63) is 48.2 Å². The highest BCUT2D eigenvalue weighted by molar-refractivity contribution is 5.83. The van der Waals surface area contributed by atoms with E-state index in [-0.39, 0.29) is 13.2 Å². The largest absolute Gasteiger partial charge is 0.464 e. The number of nitrogens with zero attached hydrogens (tertiary/aromatic N) is 3. The molecule has 2 aromatic rings. The number of carbonyl (C=O) groups excluding carboxylic acids is 1. The summed E-state index contributed by atoms with van der Waals surface area (Å²) in [6.45, 7) is 2.05. The fourth-order valence-corrected chi connectivity index (χ4v) is 3.15. The summed E-state index contributed by atoms with van der Waals surface area (Å²) < 4.78 is 20.8. The fraction of sp³-hybridized carbons (Fsp3) is 0.389. The average molecular weight is 344 g/mol. The molecule has 1 saturated heterocycles. The number of halogens is 1. The molecule has 0 radical (unpaired) electrons. The minimum atomic E-state index is -2.12. The number of hydrogen-bond donors (Lipinski definition) is 1. The Hall–Kier alpha value is -2.70. The number of rotatable bonds is 5. The van der Waals surface area contributed by atoms with E-state index in [1.807, 2.05) is 30.3 Å². The van der Waals surface area contributed by atoms with Crippen molar-refractivity contribution in [3.63, 3.8) is 0 Å². The number of anilines is 2. The Bertz CT molecular complexity index is 743. The molecule has 2 atom stereocenters. The second kappa shape index (κ2) is 7.04. The molecule has 3 rings (SSSR count). The Morgan fingerprint density at radius 2 is 2.16 bits per heavy atom. The van der Waals surface area contributed by atoms with E-state index in [1.165, 1.54) is 0 Å². The third-order valence-electron chi connectivity index (χ3n) is 4.38. The maximum atomic E-state index is 15.8. The van der Waals surface area contributed by atoms with Crippen molar-refractivity contribution in [1.82, 2.24) is 9.97 Å². The SMILES string of the molecule is CCOC(=O)[C@@]1(F)CN(c2ccnc(NC)n2)C[C@H]1c1ccccc1. The zero-order valence-corrected chi connectivity index (χ0v) is 14.3. The first-order valence-electron chi connectivity index (χ1n) is 8.25. The molecule has 0 saturated carbocycles. The van der Waals surface area contributed by atoms with Gasteiger partial charge in [0.05, 0.1) is 13.2 Å². The van der Waals surface area contributed by atoms with Crippen molar-refractivity contribution in [2.75, 3.05) is 37.0 Å². The van der Waals surface area contributed by atoms with Crippen molar-refractivity contribution < 1.29 is 13.9 Å². The van der Waals surface area contributed by atoms with Crippen LogP contribution in [0.15, 0.2) is 42.6 Å². The molecule has 0 spiro atoms. The predicted octanol–water partition coefficient (Wildman–Crippen LogP) is 2.39. The number of nitrogens with one attached hydrogen (secondary N) is 1. The zero-order valence-electron chi connectivity index (χ0n) is 14.3. The van der Waals surface area contributed by atoms with Crippen LogP contribution in [0.25, 0.3) is 0 Å². The molecule has 0 unspecified atom stereocenters. The van der Waals surface area contributed by atoms with E-state index in [9.17, 15) is 4.79 Å². The third-order valence-corrected chi connectivity index (χ3v) is 4.38. The van der Waals surface area contributed by atoms with E-state index in [1.54, 1.807) is 31.1 Å². The van der Waals surface area contributed by atoms with Crippen LogP contribution in [0.3, 0.4) is 0 Å². The van der Waals surface area contributed by atoms with Crippen LogP contribution in [0.1, 0.15) is 18.4 Å². The van der Waals surface area contributed by atoms with Crippen molar-refractivity contribution in [2.45, 2.75) is 18.5 Å². The van der Waals surface area contributed by atoms with Crippen LogP contribution in [-0.4, -0.2) is 48.4 Å². The molecular formula is C18H21FN4O2. The van der Waals surface area contributed by atoms with Gasteiger partial charge in [-0.25, -0.2) is 14.2 Å². The predicted molar refractivity (Wildman–Crippen MR) is 93.4 cm³/mol. The standard InChI is InChI=1S/C18H21FN4O2/c1-3-25-16(24)18(19)12-23(15-9-10-21-17(20-2)22-15)11-14(18)13-7-5-4-6-8-13/h4-10,14H,3,11-12H2,1-2H3,(H,20,21,22)/t14-,18+/m0/s1. The molecule has 1 aliphatic heterocycles. The van der Waals surface area contributed by atoms with Gasteiger partial charge >= 0.3 is 5.97 Å². The Labute approximate surface area is 146 Å². The molecule has 2 heterocycles. The van der Waals surface area contributed by atoms with Gasteiger partial charge in [-0.05, 0) is 18.6 Å². The number of hydrogen-bond acceptors (Lipinski definition) is 6. The maximum Gasteiger partial charge on any atom is 0.346 e. The lowest BCUT2D eigenvalue weighted by Crippen LogP contribution is -2.42. The molecule has 1 N–H and O–H groups in total. The number of esters is 1. The van der Waals surface area contributed by atoms with Gasteiger partial charge in [0.1, 0.15) is 5.82 Å². The Balaban J connectivity index is 1.96. The lowest BCUT2D eigenvalue weighted by Gasteiger charge is -2.24. The molecule has 1 aromatic heterocycles. The second-order valence-electron chi connectivity index (χ2n) is 5.92. The van der Waals surface area contributed by atoms with E-state index in [0.29, 0.717) is 18.3 Å². The molecule has 7 heteroatoms. The topological polar surface area (TPSA) is 67.3 Å². The Morgan fingerprint density at radius 1 is 1.40 bits per heavy atom. The van der Waals surface area contributed by atoms with Gasteiger partial charge in [-0.2, -0.15) is 4.98 Å². The summed E-state index contributed by atoms with van der Waals surface area (Å²) in [5.41, 5.74) is -1.36. The minimum Gasteiger partial charge on any atom is -0.464 e. The van der Waals surface area contributed by atoms with Crippen LogP contribution in [0, 0.1) is 0 Å². The summed E-state index contributed by atoms with van der Waals surface area (Å²) >= 11 is 0. The van der Waals surface area contributed by atoms with Crippen LogP contribution in [0.2, 0.25) is 0 Å². The number of aromatic nitrogens is 2. The first-order chi connectivity index (χ1) is 12.1. The Kier molecular flexibility index (Phi) is 4.83. The molecule has 1 aliphatic rings. The molecule has 1 aromatic carbocycles. The summed E-state index contributed by atoms with van der Waals surface area (Å²) in [5.74, 6) is -0.430. The van der Waals surface area contributed by atoms with Gasteiger partial charge in [0.15, 0.2) is 0 Å². The van der Waals surface area contributed by atoms with Gasteiger partial charge in [-0.15, -0.1) is 0 Å². The summed E-state index contributed by atoms with van der Waals surface area (Å²) in [4.78, 5) is 22.6. The van der Waals surface area contributed by atoms with Crippen molar-refractivity contribution >= 4 is 17.7 Å². The smallest absolute Gasteiger partial charge is 0.346 e. The number of ether oxygens (including phenoxy) is 1. The normalized spacial score (nSPS) is 22.7. The highest BCUT2D eigenvalue weighted by atomic mass is 19.1. The lowest BCUT2D eigenvalue weighted by atomic mass is 9.86. The highest BCUT2D eigenvalue weighted by Crippen LogP contribution is 2.41. The summed E-state index contributed by atoms with van der Waals surface area (Å²) in [6.07, 6.45) is 1.61. The van der Waals surface area contributed by atoms with Crippen LogP contribution >= 0.6 is 0 Å². The molecule has 6 nitrogen and oxygen atoms in total. The zero-order chi connectivity index (χ0) is 17.9. The molecule has 0 amide bonds.